The standard InChI is InChI=1S/C31H25F2N5O5/c1-43-25-14-11-21(12-15-25)19-36-27(16-13-22-17-34-35(18-22)20-24-9-5-6-10-26(24)32)28(38(41)42)30(39)37(31(36)40)29(33)23-7-3-2-4-8-23/h2-18,29H,19-20H2,1H3. The van der Waals surface area contributed by atoms with Gasteiger partial charge in [0, 0.05) is 22.9 Å². The molecule has 43 heavy (non-hydrogen) atoms. The second-order valence-corrected chi connectivity index (χ2v) is 9.53. The monoisotopic (exact) mass is 585 g/mol. The molecular formula is C31H25F2N5O5. The van der Waals surface area contributed by atoms with Crippen LogP contribution in [0, 0.1) is 15.9 Å². The third-order valence-electron chi connectivity index (χ3n) is 6.75. The van der Waals surface area contributed by atoms with Gasteiger partial charge in [0.25, 0.3) is 0 Å². The predicted octanol–water partition coefficient (Wildman–Crippen LogP) is 5.05. The molecule has 0 bridgehead atoms. The van der Waals surface area contributed by atoms with Crippen molar-refractivity contribution in [1.29, 1.82) is 0 Å². The second kappa shape index (κ2) is 12.5. The number of ether oxygens (including phenoxy) is 1. The minimum absolute atomic E-state index is 0.0162. The molecule has 0 N–H and O–H groups in total. The lowest BCUT2D eigenvalue weighted by molar-refractivity contribution is -0.387. The third kappa shape index (κ3) is 6.17. The number of nitrogens with zero attached hydrogens (tertiary/aromatic N) is 5. The molecule has 0 spiro atoms. The minimum Gasteiger partial charge on any atom is -0.497 e. The van der Waals surface area contributed by atoms with Gasteiger partial charge in [-0.1, -0.05) is 60.7 Å². The van der Waals surface area contributed by atoms with E-state index in [1.807, 2.05) is 0 Å². The van der Waals surface area contributed by atoms with Gasteiger partial charge in [-0.05, 0) is 35.9 Å². The van der Waals surface area contributed by atoms with Crippen LogP contribution < -0.4 is 16.0 Å². The molecular weight excluding hydrogens is 560 g/mol. The predicted molar refractivity (Wildman–Crippen MR) is 156 cm³/mol. The third-order valence-corrected chi connectivity index (χ3v) is 6.75. The van der Waals surface area contributed by atoms with Gasteiger partial charge >= 0.3 is 16.9 Å². The molecule has 0 saturated carbocycles. The average molecular weight is 586 g/mol. The smallest absolute Gasteiger partial charge is 0.357 e. The summed E-state index contributed by atoms with van der Waals surface area (Å²) in [5, 5.41) is 16.5. The van der Waals surface area contributed by atoms with Crippen LogP contribution in [-0.4, -0.2) is 30.9 Å². The van der Waals surface area contributed by atoms with Crippen LogP contribution in [0.4, 0.5) is 14.5 Å². The van der Waals surface area contributed by atoms with Gasteiger partial charge in [0.15, 0.2) is 0 Å². The number of hydrogen-bond acceptors (Lipinski definition) is 6. The Bertz CT molecular complexity index is 1910. The van der Waals surface area contributed by atoms with Crippen LogP contribution >= 0.6 is 0 Å². The fraction of sp³-hybridized carbons (Fsp3) is 0.129. The van der Waals surface area contributed by atoms with Gasteiger partial charge in [-0.3, -0.25) is 24.2 Å². The highest BCUT2D eigenvalue weighted by molar-refractivity contribution is 5.71. The molecule has 0 aliphatic carbocycles. The van der Waals surface area contributed by atoms with Crippen LogP contribution in [0.25, 0.3) is 12.2 Å². The van der Waals surface area contributed by atoms with Gasteiger partial charge in [0.05, 0.1) is 31.3 Å². The van der Waals surface area contributed by atoms with Gasteiger partial charge in [-0.15, -0.1) is 0 Å². The lowest BCUT2D eigenvalue weighted by atomic mass is 10.2. The number of alkyl halides is 1. The highest BCUT2D eigenvalue weighted by Crippen LogP contribution is 2.22. The summed E-state index contributed by atoms with van der Waals surface area (Å²) >= 11 is 0. The summed E-state index contributed by atoms with van der Waals surface area (Å²) in [7, 11) is 1.49. The molecule has 0 saturated heterocycles. The Morgan fingerprint density at radius 3 is 2.35 bits per heavy atom. The SMILES string of the molecule is COc1ccc(Cn2c(C=Cc3cnn(Cc4ccccc4F)c3)c([N+](=O)[O-])c(=O)n(C(F)c3ccccc3)c2=O)cc1. The Labute approximate surface area is 243 Å². The molecule has 0 fully saturated rings. The Hall–Kier alpha value is -5.65. The molecule has 1 atom stereocenters. The first kappa shape index (κ1) is 28.9. The maximum Gasteiger partial charge on any atom is 0.357 e. The maximum absolute atomic E-state index is 15.7. The summed E-state index contributed by atoms with van der Waals surface area (Å²) in [5.41, 5.74) is -2.35. The van der Waals surface area contributed by atoms with E-state index in [1.165, 1.54) is 60.5 Å². The zero-order valence-electron chi connectivity index (χ0n) is 22.8. The quantitative estimate of drug-likeness (QED) is 0.168. The first-order chi connectivity index (χ1) is 20.8. The molecule has 10 nitrogen and oxygen atoms in total. The number of benzene rings is 3. The van der Waals surface area contributed by atoms with Gasteiger partial charge in [-0.25, -0.2) is 18.1 Å². The number of nitro groups is 1. The summed E-state index contributed by atoms with van der Waals surface area (Å²) in [5.74, 6) is 0.156. The normalized spacial score (nSPS) is 12.0. The Morgan fingerprint density at radius 2 is 1.67 bits per heavy atom. The molecule has 0 radical (unpaired) electrons. The van der Waals surface area contributed by atoms with E-state index in [9.17, 15) is 24.1 Å². The summed E-state index contributed by atoms with van der Waals surface area (Å²) in [6.07, 6.45) is 3.44. The molecule has 1 unspecified atom stereocenters. The zero-order valence-corrected chi connectivity index (χ0v) is 22.8. The molecule has 2 heterocycles. The number of hydrogen-bond donors (Lipinski definition) is 0. The van der Waals surface area contributed by atoms with E-state index < -0.39 is 34.0 Å². The Kier molecular flexibility index (Phi) is 8.37. The van der Waals surface area contributed by atoms with Crippen molar-refractivity contribution in [1.82, 2.24) is 18.9 Å². The van der Waals surface area contributed by atoms with Crippen molar-refractivity contribution in [2.45, 2.75) is 19.4 Å². The van der Waals surface area contributed by atoms with Crippen molar-refractivity contribution in [2.24, 2.45) is 0 Å². The van der Waals surface area contributed by atoms with E-state index in [-0.39, 0.29) is 28.9 Å². The van der Waals surface area contributed by atoms with Crippen LogP contribution in [0.5, 0.6) is 5.75 Å². The van der Waals surface area contributed by atoms with E-state index in [4.69, 9.17) is 4.74 Å². The van der Waals surface area contributed by atoms with Crippen molar-refractivity contribution in [3.8, 4) is 5.75 Å². The highest BCUT2D eigenvalue weighted by atomic mass is 19.1. The molecule has 0 amide bonds. The molecule has 12 heteroatoms. The van der Waals surface area contributed by atoms with Gasteiger partial charge in [0.2, 0.25) is 6.30 Å². The van der Waals surface area contributed by atoms with E-state index in [1.54, 1.807) is 54.7 Å². The van der Waals surface area contributed by atoms with E-state index in [2.05, 4.69) is 5.10 Å². The molecule has 0 aliphatic heterocycles. The van der Waals surface area contributed by atoms with Crippen LogP contribution in [0.2, 0.25) is 0 Å². The molecule has 0 aliphatic rings. The summed E-state index contributed by atoms with van der Waals surface area (Å²) < 4.78 is 37.7. The van der Waals surface area contributed by atoms with Gasteiger partial charge in [-0.2, -0.15) is 5.10 Å². The van der Waals surface area contributed by atoms with Crippen LogP contribution in [0.1, 0.15) is 34.2 Å². The van der Waals surface area contributed by atoms with Gasteiger partial charge in [0.1, 0.15) is 17.3 Å². The van der Waals surface area contributed by atoms with Crippen LogP contribution in [-0.2, 0) is 13.1 Å². The number of rotatable bonds is 10. The number of methoxy groups -OCH3 is 1. The van der Waals surface area contributed by atoms with Crippen molar-refractivity contribution in [2.75, 3.05) is 7.11 Å². The first-order valence-corrected chi connectivity index (χ1v) is 13.1. The molecule has 5 aromatic rings. The molecule has 218 valence electrons. The summed E-state index contributed by atoms with van der Waals surface area (Å²) in [4.78, 5) is 38.4. The lowest BCUT2D eigenvalue weighted by Crippen LogP contribution is -2.43. The Balaban J connectivity index is 1.62. The van der Waals surface area contributed by atoms with E-state index in [0.717, 1.165) is 4.57 Å². The van der Waals surface area contributed by atoms with Crippen molar-refractivity contribution in [3.63, 3.8) is 0 Å². The minimum atomic E-state index is -2.27. The summed E-state index contributed by atoms with van der Waals surface area (Å²) in [6, 6.07) is 20.3. The molecule has 2 aromatic heterocycles. The van der Waals surface area contributed by atoms with E-state index >= 15 is 4.39 Å². The van der Waals surface area contributed by atoms with Crippen LogP contribution in [0.3, 0.4) is 0 Å². The fourth-order valence-electron chi connectivity index (χ4n) is 4.57. The highest BCUT2D eigenvalue weighted by Gasteiger charge is 2.30. The first-order valence-electron chi connectivity index (χ1n) is 13.1. The average Bonchev–Trinajstić information content (AvgIpc) is 3.46. The van der Waals surface area contributed by atoms with E-state index in [0.29, 0.717) is 22.4 Å². The summed E-state index contributed by atoms with van der Waals surface area (Å²) in [6.45, 7) is -0.0755. The van der Waals surface area contributed by atoms with Crippen molar-refractivity contribution in [3.05, 3.63) is 156 Å². The van der Waals surface area contributed by atoms with Crippen molar-refractivity contribution >= 4 is 17.8 Å². The molecule has 5 rings (SSSR count). The molecule has 3 aromatic carbocycles. The topological polar surface area (TPSA) is 114 Å². The largest absolute Gasteiger partial charge is 0.497 e. The van der Waals surface area contributed by atoms with Crippen molar-refractivity contribution < 1.29 is 18.4 Å². The fourth-order valence-corrected chi connectivity index (χ4v) is 4.57. The Morgan fingerprint density at radius 1 is 0.977 bits per heavy atom. The lowest BCUT2D eigenvalue weighted by Gasteiger charge is -2.17. The maximum atomic E-state index is 15.7. The van der Waals surface area contributed by atoms with Crippen LogP contribution in [0.15, 0.2) is 101 Å². The van der Waals surface area contributed by atoms with Gasteiger partial charge < -0.3 is 4.74 Å². The second-order valence-electron chi connectivity index (χ2n) is 9.53. The zero-order chi connectivity index (χ0) is 30.5. The number of halogens is 2. The number of aromatic nitrogens is 4.